The van der Waals surface area contributed by atoms with Gasteiger partial charge >= 0.3 is 0 Å². The number of nitrogens with zero attached hydrogens (tertiary/aromatic N) is 2. The average Bonchev–Trinajstić information content (AvgIpc) is 3.41. The van der Waals surface area contributed by atoms with Crippen molar-refractivity contribution in [2.45, 2.75) is 26.4 Å². The Balaban J connectivity index is 1.51. The van der Waals surface area contributed by atoms with Gasteiger partial charge < -0.3 is 14.7 Å². The van der Waals surface area contributed by atoms with Crippen LogP contribution in [0.3, 0.4) is 0 Å². The van der Waals surface area contributed by atoms with Crippen LogP contribution in [0.25, 0.3) is 10.9 Å². The van der Waals surface area contributed by atoms with Crippen LogP contribution in [0.1, 0.15) is 34.4 Å². The number of carbonyl (C=O) groups is 1. The van der Waals surface area contributed by atoms with Gasteiger partial charge in [0.2, 0.25) is 5.89 Å². The minimum Gasteiger partial charge on any atom is -0.447 e. The van der Waals surface area contributed by atoms with E-state index < -0.39 is 0 Å². The molecule has 2 heterocycles. The summed E-state index contributed by atoms with van der Waals surface area (Å²) >= 11 is 0. The summed E-state index contributed by atoms with van der Waals surface area (Å²) in [6, 6.07) is 14.9. The van der Waals surface area contributed by atoms with Gasteiger partial charge in [-0.15, -0.1) is 0 Å². The number of nitrogens with one attached hydrogen (secondary N) is 2. The van der Waals surface area contributed by atoms with Crippen molar-refractivity contribution in [1.82, 2.24) is 20.2 Å². The van der Waals surface area contributed by atoms with E-state index in [1.54, 1.807) is 12.1 Å². The second-order valence-corrected chi connectivity index (χ2v) is 7.40. The number of H-pyrrole nitrogens is 1. The van der Waals surface area contributed by atoms with Crippen LogP contribution in [0.4, 0.5) is 4.39 Å². The summed E-state index contributed by atoms with van der Waals surface area (Å²) in [5.74, 6) is -0.0801. The molecule has 31 heavy (non-hydrogen) atoms. The Labute approximate surface area is 180 Å². The molecule has 1 amide bonds. The van der Waals surface area contributed by atoms with Crippen LogP contribution < -0.4 is 5.32 Å². The number of hydrogen-bond acceptors (Lipinski definition) is 4. The van der Waals surface area contributed by atoms with Gasteiger partial charge in [-0.05, 0) is 31.0 Å². The van der Waals surface area contributed by atoms with Gasteiger partial charge in [0.25, 0.3) is 5.91 Å². The molecule has 2 aromatic carbocycles. The largest absolute Gasteiger partial charge is 0.447 e. The number of oxazole rings is 1. The maximum atomic E-state index is 14.3. The smallest absolute Gasteiger partial charge is 0.273 e. The molecule has 0 aliphatic heterocycles. The van der Waals surface area contributed by atoms with Crippen molar-refractivity contribution in [2.24, 2.45) is 0 Å². The highest BCUT2D eigenvalue weighted by molar-refractivity contribution is 5.91. The van der Waals surface area contributed by atoms with Crippen molar-refractivity contribution in [3.05, 3.63) is 89.5 Å². The summed E-state index contributed by atoms with van der Waals surface area (Å²) < 4.78 is 19.8. The number of hydrogen-bond donors (Lipinski definition) is 2. The summed E-state index contributed by atoms with van der Waals surface area (Å²) in [4.78, 5) is 21.7. The fourth-order valence-corrected chi connectivity index (χ4v) is 3.63. The van der Waals surface area contributed by atoms with Gasteiger partial charge in [0.1, 0.15) is 12.1 Å². The van der Waals surface area contributed by atoms with Gasteiger partial charge in [0, 0.05) is 42.3 Å². The molecular weight excluding hydrogens is 395 g/mol. The molecule has 2 aromatic heterocycles. The number of para-hydroxylation sites is 1. The highest BCUT2D eigenvalue weighted by Crippen LogP contribution is 2.20. The molecule has 0 aliphatic rings. The van der Waals surface area contributed by atoms with Gasteiger partial charge in [-0.25, -0.2) is 9.37 Å². The topological polar surface area (TPSA) is 74.2 Å². The van der Waals surface area contributed by atoms with Crippen molar-refractivity contribution in [2.75, 3.05) is 13.1 Å². The SMILES string of the molecule is CCNC(=O)c1coc(CN(CCc2c[nH]c3ccccc23)Cc2ccccc2F)n1. The molecule has 0 aliphatic carbocycles. The van der Waals surface area contributed by atoms with E-state index in [4.69, 9.17) is 4.42 Å². The molecule has 0 atom stereocenters. The zero-order chi connectivity index (χ0) is 21.6. The molecule has 6 nitrogen and oxygen atoms in total. The Hall–Kier alpha value is -3.45. The molecule has 0 bridgehead atoms. The molecule has 4 aromatic rings. The number of halogens is 1. The maximum Gasteiger partial charge on any atom is 0.273 e. The van der Waals surface area contributed by atoms with Crippen molar-refractivity contribution >= 4 is 16.8 Å². The van der Waals surface area contributed by atoms with Crippen molar-refractivity contribution in [3.8, 4) is 0 Å². The third-order valence-electron chi connectivity index (χ3n) is 5.20. The van der Waals surface area contributed by atoms with E-state index in [9.17, 15) is 9.18 Å². The van der Waals surface area contributed by atoms with E-state index in [2.05, 4.69) is 26.3 Å². The second kappa shape index (κ2) is 9.57. The number of fused-ring (bicyclic) bond motifs is 1. The summed E-state index contributed by atoms with van der Waals surface area (Å²) in [6.45, 7) is 3.82. The van der Waals surface area contributed by atoms with E-state index in [0.29, 0.717) is 37.6 Å². The normalized spacial score (nSPS) is 11.3. The van der Waals surface area contributed by atoms with E-state index in [-0.39, 0.29) is 17.4 Å². The Bertz CT molecular complexity index is 1170. The molecule has 0 saturated heterocycles. The zero-order valence-corrected chi connectivity index (χ0v) is 17.4. The van der Waals surface area contributed by atoms with Gasteiger partial charge in [0.05, 0.1) is 6.54 Å². The summed E-state index contributed by atoms with van der Waals surface area (Å²) in [5, 5.41) is 3.89. The van der Waals surface area contributed by atoms with Crippen molar-refractivity contribution < 1.29 is 13.6 Å². The van der Waals surface area contributed by atoms with Crippen LogP contribution in [-0.4, -0.2) is 33.9 Å². The van der Waals surface area contributed by atoms with Gasteiger partial charge in [0.15, 0.2) is 5.69 Å². The maximum absolute atomic E-state index is 14.3. The third-order valence-corrected chi connectivity index (χ3v) is 5.20. The van der Waals surface area contributed by atoms with Crippen LogP contribution in [0.15, 0.2) is 65.4 Å². The van der Waals surface area contributed by atoms with Crippen LogP contribution in [0.2, 0.25) is 0 Å². The first-order valence-electron chi connectivity index (χ1n) is 10.4. The van der Waals surface area contributed by atoms with E-state index >= 15 is 0 Å². The fraction of sp³-hybridized carbons (Fsp3) is 0.250. The summed E-state index contributed by atoms with van der Waals surface area (Å²) in [7, 11) is 0. The number of carbonyl (C=O) groups excluding carboxylic acids is 1. The molecule has 0 saturated carbocycles. The first-order chi connectivity index (χ1) is 15.1. The highest BCUT2D eigenvalue weighted by atomic mass is 19.1. The molecule has 4 rings (SSSR count). The lowest BCUT2D eigenvalue weighted by Crippen LogP contribution is -2.26. The summed E-state index contributed by atoms with van der Waals surface area (Å²) in [5.41, 5.74) is 3.15. The molecule has 7 heteroatoms. The molecule has 0 spiro atoms. The van der Waals surface area contributed by atoms with Crippen molar-refractivity contribution in [3.63, 3.8) is 0 Å². The average molecular weight is 420 g/mol. The molecule has 0 fully saturated rings. The molecule has 0 unspecified atom stereocenters. The minimum absolute atomic E-state index is 0.241. The first-order valence-corrected chi connectivity index (χ1v) is 10.4. The fourth-order valence-electron chi connectivity index (χ4n) is 3.63. The molecule has 0 radical (unpaired) electrons. The molecule has 160 valence electrons. The van der Waals surface area contributed by atoms with Crippen LogP contribution in [0, 0.1) is 5.82 Å². The molecule has 2 N–H and O–H groups in total. The zero-order valence-electron chi connectivity index (χ0n) is 17.4. The minimum atomic E-state index is -0.267. The predicted octanol–water partition coefficient (Wildman–Crippen LogP) is 4.29. The van der Waals surface area contributed by atoms with E-state index in [1.165, 1.54) is 23.3 Å². The second-order valence-electron chi connectivity index (χ2n) is 7.40. The Morgan fingerprint density at radius 3 is 2.77 bits per heavy atom. The van der Waals surface area contributed by atoms with E-state index in [1.807, 2.05) is 37.4 Å². The number of aromatic nitrogens is 2. The van der Waals surface area contributed by atoms with Crippen LogP contribution >= 0.6 is 0 Å². The lowest BCUT2D eigenvalue weighted by atomic mass is 10.1. The van der Waals surface area contributed by atoms with Gasteiger partial charge in [-0.1, -0.05) is 36.4 Å². The highest BCUT2D eigenvalue weighted by Gasteiger charge is 2.16. The van der Waals surface area contributed by atoms with Gasteiger partial charge in [-0.3, -0.25) is 9.69 Å². The predicted molar refractivity (Wildman–Crippen MR) is 117 cm³/mol. The third kappa shape index (κ3) is 5.00. The Morgan fingerprint density at radius 1 is 1.13 bits per heavy atom. The van der Waals surface area contributed by atoms with Gasteiger partial charge in [-0.2, -0.15) is 0 Å². The van der Waals surface area contributed by atoms with Crippen LogP contribution in [0.5, 0.6) is 0 Å². The quantitative estimate of drug-likeness (QED) is 0.424. The number of benzene rings is 2. The number of rotatable bonds is 9. The lowest BCUT2D eigenvalue weighted by molar-refractivity contribution is 0.0950. The number of amides is 1. The molecular formula is C24H25FN4O2. The van der Waals surface area contributed by atoms with Crippen molar-refractivity contribution in [1.29, 1.82) is 0 Å². The van der Waals surface area contributed by atoms with Crippen LogP contribution in [-0.2, 0) is 19.5 Å². The number of aromatic amines is 1. The van der Waals surface area contributed by atoms with E-state index in [0.717, 1.165) is 11.9 Å². The monoisotopic (exact) mass is 420 g/mol. The lowest BCUT2D eigenvalue weighted by Gasteiger charge is -2.21. The standard InChI is InChI=1S/C24H25FN4O2/c1-2-26-24(30)22-16-31-23(28-22)15-29(14-18-7-3-5-9-20(18)25)12-11-17-13-27-21-10-6-4-8-19(17)21/h3-10,13,16,27H,2,11-12,14-15H2,1H3,(H,26,30). The Kier molecular flexibility index (Phi) is 6.43. The summed E-state index contributed by atoms with van der Waals surface area (Å²) in [6.07, 6.45) is 4.16. The Morgan fingerprint density at radius 2 is 1.94 bits per heavy atom. The first kappa shape index (κ1) is 20.8.